The number of carbonyl (C=O) groups excluding carboxylic acids is 2. The highest BCUT2D eigenvalue weighted by Gasteiger charge is 2.33. The number of hydrogen-bond acceptors (Lipinski definition) is 3. The number of amides is 1. The minimum atomic E-state index is -0.194. The first-order chi connectivity index (χ1) is 6.96. The fourth-order valence-electron chi connectivity index (χ4n) is 1.99. The topological polar surface area (TPSA) is 40.6 Å². The highest BCUT2D eigenvalue weighted by molar-refractivity contribution is 5.77. The molecule has 0 aromatic heterocycles. The van der Waals surface area contributed by atoms with Crippen molar-refractivity contribution in [3.05, 3.63) is 0 Å². The minimum Gasteiger partial charge on any atom is -0.303 e. The molecule has 1 aliphatic heterocycles. The van der Waals surface area contributed by atoms with Crippen LogP contribution in [0.25, 0.3) is 0 Å². The first-order valence-corrected chi connectivity index (χ1v) is 5.48. The Labute approximate surface area is 91.2 Å². The molecule has 1 heterocycles. The van der Waals surface area contributed by atoms with Gasteiger partial charge in [-0.2, -0.15) is 0 Å². The molecular formula is C11H20N2O2. The SMILES string of the molecule is CC(C)(C)N1C(=O)CCCN1CCC=O. The molecule has 0 spiro atoms. The molecule has 0 N–H and O–H groups in total. The highest BCUT2D eigenvalue weighted by atomic mass is 16.2. The van der Waals surface area contributed by atoms with Crippen molar-refractivity contribution >= 4 is 12.2 Å². The van der Waals surface area contributed by atoms with Gasteiger partial charge >= 0.3 is 0 Å². The van der Waals surface area contributed by atoms with E-state index >= 15 is 0 Å². The summed E-state index contributed by atoms with van der Waals surface area (Å²) in [4.78, 5) is 22.2. The van der Waals surface area contributed by atoms with E-state index in [9.17, 15) is 9.59 Å². The summed E-state index contributed by atoms with van der Waals surface area (Å²) in [6, 6.07) is 0. The predicted molar refractivity (Wildman–Crippen MR) is 58.1 cm³/mol. The minimum absolute atomic E-state index is 0.166. The summed E-state index contributed by atoms with van der Waals surface area (Å²) in [5.41, 5.74) is -0.194. The maximum absolute atomic E-state index is 11.8. The summed E-state index contributed by atoms with van der Waals surface area (Å²) in [6.07, 6.45) is 2.90. The predicted octanol–water partition coefficient (Wildman–Crippen LogP) is 1.21. The van der Waals surface area contributed by atoms with Gasteiger partial charge in [0.05, 0.1) is 5.54 Å². The molecule has 4 heteroatoms. The van der Waals surface area contributed by atoms with Crippen LogP contribution in [0.2, 0.25) is 0 Å². The Kier molecular flexibility index (Phi) is 3.85. The molecule has 0 bridgehead atoms. The van der Waals surface area contributed by atoms with E-state index in [-0.39, 0.29) is 11.4 Å². The van der Waals surface area contributed by atoms with Gasteiger partial charge < -0.3 is 4.79 Å². The maximum Gasteiger partial charge on any atom is 0.237 e. The van der Waals surface area contributed by atoms with Crippen LogP contribution in [0.4, 0.5) is 0 Å². The first kappa shape index (κ1) is 12.2. The molecule has 0 saturated carbocycles. The fourth-order valence-corrected chi connectivity index (χ4v) is 1.99. The fraction of sp³-hybridized carbons (Fsp3) is 0.818. The van der Waals surface area contributed by atoms with Gasteiger partial charge in [-0.3, -0.25) is 9.80 Å². The molecule has 0 radical (unpaired) electrons. The number of hydrogen-bond donors (Lipinski definition) is 0. The maximum atomic E-state index is 11.8. The molecule has 0 aromatic rings. The van der Waals surface area contributed by atoms with Gasteiger partial charge in [-0.1, -0.05) is 0 Å². The molecule has 4 nitrogen and oxygen atoms in total. The summed E-state index contributed by atoms with van der Waals surface area (Å²) >= 11 is 0. The molecule has 86 valence electrons. The van der Waals surface area contributed by atoms with Crippen LogP contribution in [0.15, 0.2) is 0 Å². The second-order valence-electron chi connectivity index (χ2n) is 4.89. The summed E-state index contributed by atoms with van der Waals surface area (Å²) in [7, 11) is 0. The summed E-state index contributed by atoms with van der Waals surface area (Å²) in [6.45, 7) is 7.57. The number of hydrazine groups is 1. The van der Waals surface area contributed by atoms with Crippen molar-refractivity contribution in [1.29, 1.82) is 0 Å². The average Bonchev–Trinajstić information content (AvgIpc) is 2.12. The van der Waals surface area contributed by atoms with Crippen LogP contribution in [0.5, 0.6) is 0 Å². The summed E-state index contributed by atoms with van der Waals surface area (Å²) < 4.78 is 0. The lowest BCUT2D eigenvalue weighted by Gasteiger charge is -2.46. The van der Waals surface area contributed by atoms with Gasteiger partial charge in [-0.15, -0.1) is 0 Å². The van der Waals surface area contributed by atoms with Gasteiger partial charge in [0.1, 0.15) is 6.29 Å². The van der Waals surface area contributed by atoms with E-state index < -0.39 is 0 Å². The van der Waals surface area contributed by atoms with Crippen LogP contribution in [-0.2, 0) is 9.59 Å². The van der Waals surface area contributed by atoms with E-state index in [1.807, 2.05) is 25.8 Å². The van der Waals surface area contributed by atoms with Gasteiger partial charge in [0, 0.05) is 25.9 Å². The van der Waals surface area contributed by atoms with Gasteiger partial charge in [-0.05, 0) is 27.2 Å². The molecule has 1 aliphatic rings. The molecule has 1 fully saturated rings. The monoisotopic (exact) mass is 212 g/mol. The number of nitrogens with zero attached hydrogens (tertiary/aromatic N) is 2. The Bertz CT molecular complexity index is 245. The molecule has 0 aromatic carbocycles. The van der Waals surface area contributed by atoms with Crippen molar-refractivity contribution in [3.63, 3.8) is 0 Å². The standard InChI is InChI=1S/C11H20N2O2/c1-11(2,3)13-10(15)6-4-7-12(13)8-5-9-14/h9H,4-8H2,1-3H3. The molecule has 0 atom stereocenters. The third kappa shape index (κ3) is 3.02. The van der Waals surface area contributed by atoms with Crippen molar-refractivity contribution in [2.24, 2.45) is 0 Å². The highest BCUT2D eigenvalue weighted by Crippen LogP contribution is 2.22. The Balaban J connectivity index is 2.73. The van der Waals surface area contributed by atoms with E-state index in [0.717, 1.165) is 19.3 Å². The zero-order chi connectivity index (χ0) is 11.5. The van der Waals surface area contributed by atoms with Crippen molar-refractivity contribution < 1.29 is 9.59 Å². The molecule has 15 heavy (non-hydrogen) atoms. The molecule has 0 aliphatic carbocycles. The van der Waals surface area contributed by atoms with Gasteiger partial charge in [-0.25, -0.2) is 5.01 Å². The van der Waals surface area contributed by atoms with Gasteiger partial charge in [0.15, 0.2) is 0 Å². The summed E-state index contributed by atoms with van der Waals surface area (Å²) in [5, 5.41) is 3.81. The molecule has 1 amide bonds. The van der Waals surface area contributed by atoms with Crippen LogP contribution in [0.1, 0.15) is 40.0 Å². The van der Waals surface area contributed by atoms with Crippen LogP contribution in [0.3, 0.4) is 0 Å². The Hall–Kier alpha value is -0.900. The van der Waals surface area contributed by atoms with Crippen molar-refractivity contribution in [1.82, 2.24) is 10.0 Å². The molecule has 0 unspecified atom stereocenters. The zero-order valence-electron chi connectivity index (χ0n) is 9.82. The average molecular weight is 212 g/mol. The van der Waals surface area contributed by atoms with Crippen molar-refractivity contribution in [3.8, 4) is 0 Å². The lowest BCUT2D eigenvalue weighted by Crippen LogP contribution is -2.58. The second kappa shape index (κ2) is 4.75. The Morgan fingerprint density at radius 2 is 2.07 bits per heavy atom. The number of rotatable bonds is 3. The smallest absolute Gasteiger partial charge is 0.237 e. The normalized spacial score (nSPS) is 19.4. The third-order valence-electron chi connectivity index (χ3n) is 2.47. The zero-order valence-corrected chi connectivity index (χ0v) is 9.82. The lowest BCUT2D eigenvalue weighted by atomic mass is 10.1. The van der Waals surface area contributed by atoms with E-state index in [0.29, 0.717) is 19.4 Å². The van der Waals surface area contributed by atoms with E-state index in [1.54, 1.807) is 5.01 Å². The Morgan fingerprint density at radius 1 is 1.40 bits per heavy atom. The van der Waals surface area contributed by atoms with E-state index in [2.05, 4.69) is 0 Å². The third-order valence-corrected chi connectivity index (χ3v) is 2.47. The largest absolute Gasteiger partial charge is 0.303 e. The number of aldehydes is 1. The van der Waals surface area contributed by atoms with Crippen LogP contribution >= 0.6 is 0 Å². The number of carbonyl (C=O) groups is 2. The van der Waals surface area contributed by atoms with Gasteiger partial charge in [0.25, 0.3) is 0 Å². The van der Waals surface area contributed by atoms with Gasteiger partial charge in [0.2, 0.25) is 5.91 Å². The van der Waals surface area contributed by atoms with Crippen LogP contribution in [-0.4, -0.2) is 40.8 Å². The van der Waals surface area contributed by atoms with Crippen LogP contribution in [0, 0.1) is 0 Å². The molecular weight excluding hydrogens is 192 g/mol. The first-order valence-electron chi connectivity index (χ1n) is 5.48. The lowest BCUT2D eigenvalue weighted by molar-refractivity contribution is -0.170. The Morgan fingerprint density at radius 3 is 2.60 bits per heavy atom. The molecule has 1 saturated heterocycles. The quantitative estimate of drug-likeness (QED) is 0.660. The summed E-state index contributed by atoms with van der Waals surface area (Å²) in [5.74, 6) is 0.166. The second-order valence-corrected chi connectivity index (χ2v) is 4.89. The van der Waals surface area contributed by atoms with Crippen molar-refractivity contribution in [2.75, 3.05) is 13.1 Å². The van der Waals surface area contributed by atoms with E-state index in [4.69, 9.17) is 0 Å². The van der Waals surface area contributed by atoms with Crippen molar-refractivity contribution in [2.45, 2.75) is 45.6 Å². The van der Waals surface area contributed by atoms with E-state index in [1.165, 1.54) is 0 Å². The molecule has 1 rings (SSSR count). The van der Waals surface area contributed by atoms with Crippen LogP contribution < -0.4 is 0 Å².